The van der Waals surface area contributed by atoms with Crippen molar-refractivity contribution in [3.05, 3.63) is 35.9 Å². The third-order valence-electron chi connectivity index (χ3n) is 2.92. The number of aromatic nitrogens is 3. The van der Waals surface area contributed by atoms with Crippen molar-refractivity contribution in [2.24, 2.45) is 7.05 Å². The lowest BCUT2D eigenvalue weighted by atomic mass is 10.3. The van der Waals surface area contributed by atoms with Crippen molar-refractivity contribution < 1.29 is 8.42 Å². The van der Waals surface area contributed by atoms with Crippen LogP contribution in [0.3, 0.4) is 0 Å². The smallest absolute Gasteiger partial charge is 0.175 e. The number of anilines is 1. The Morgan fingerprint density at radius 1 is 1.21 bits per heavy atom. The number of sulfone groups is 1. The number of benzene rings is 1. The van der Waals surface area contributed by atoms with Crippen molar-refractivity contribution in [3.8, 4) is 0 Å². The van der Waals surface area contributed by atoms with Gasteiger partial charge in [0.05, 0.1) is 11.4 Å². The van der Waals surface area contributed by atoms with Crippen LogP contribution in [0.15, 0.2) is 29.2 Å². The van der Waals surface area contributed by atoms with Gasteiger partial charge in [0.1, 0.15) is 5.82 Å². The molecule has 0 fully saturated rings. The highest BCUT2D eigenvalue weighted by atomic mass is 32.2. The van der Waals surface area contributed by atoms with E-state index in [-0.39, 0.29) is 0 Å². The van der Waals surface area contributed by atoms with E-state index < -0.39 is 9.84 Å². The van der Waals surface area contributed by atoms with Gasteiger partial charge in [-0.25, -0.2) is 8.42 Å². The molecule has 0 aliphatic heterocycles. The summed E-state index contributed by atoms with van der Waals surface area (Å²) < 4.78 is 24.6. The van der Waals surface area contributed by atoms with Crippen LogP contribution >= 0.6 is 0 Å². The Hall–Kier alpha value is -1.89. The average molecular weight is 280 g/mol. The minimum atomic E-state index is -3.14. The Morgan fingerprint density at radius 2 is 1.84 bits per heavy atom. The van der Waals surface area contributed by atoms with Gasteiger partial charge in [0.15, 0.2) is 15.7 Å². The summed E-state index contributed by atoms with van der Waals surface area (Å²) in [6, 6.07) is 6.64. The van der Waals surface area contributed by atoms with Crippen LogP contribution in [0.4, 0.5) is 5.69 Å². The molecule has 0 saturated heterocycles. The molecule has 0 aliphatic carbocycles. The van der Waals surface area contributed by atoms with Gasteiger partial charge in [0.2, 0.25) is 0 Å². The minimum Gasteiger partial charge on any atom is -0.378 e. The SMILES string of the molecule is Cc1nnc(CNc2ccc(S(C)(=O)=O)cc2)n1C. The summed E-state index contributed by atoms with van der Waals surface area (Å²) in [5.74, 6) is 1.67. The molecule has 7 heteroatoms. The Morgan fingerprint density at radius 3 is 2.32 bits per heavy atom. The molecule has 0 amide bonds. The highest BCUT2D eigenvalue weighted by molar-refractivity contribution is 7.90. The largest absolute Gasteiger partial charge is 0.378 e. The van der Waals surface area contributed by atoms with E-state index in [1.54, 1.807) is 24.3 Å². The van der Waals surface area contributed by atoms with Gasteiger partial charge >= 0.3 is 0 Å². The van der Waals surface area contributed by atoms with E-state index in [0.717, 1.165) is 17.3 Å². The second kappa shape index (κ2) is 5.00. The van der Waals surface area contributed by atoms with E-state index in [9.17, 15) is 8.42 Å². The monoisotopic (exact) mass is 280 g/mol. The maximum Gasteiger partial charge on any atom is 0.175 e. The summed E-state index contributed by atoms with van der Waals surface area (Å²) in [5, 5.41) is 11.2. The van der Waals surface area contributed by atoms with E-state index >= 15 is 0 Å². The van der Waals surface area contributed by atoms with Crippen molar-refractivity contribution >= 4 is 15.5 Å². The second-order valence-corrected chi connectivity index (χ2v) is 6.39. The van der Waals surface area contributed by atoms with Gasteiger partial charge in [-0.3, -0.25) is 0 Å². The number of hydrogen-bond acceptors (Lipinski definition) is 5. The summed E-state index contributed by atoms with van der Waals surface area (Å²) in [6.45, 7) is 2.42. The first-order chi connectivity index (χ1) is 8.88. The molecule has 19 heavy (non-hydrogen) atoms. The number of nitrogens with one attached hydrogen (secondary N) is 1. The van der Waals surface area contributed by atoms with Crippen molar-refractivity contribution in [1.82, 2.24) is 14.8 Å². The van der Waals surface area contributed by atoms with Gasteiger partial charge in [0, 0.05) is 19.0 Å². The molecule has 2 rings (SSSR count). The molecule has 2 aromatic rings. The van der Waals surface area contributed by atoms with Crippen molar-refractivity contribution in [3.63, 3.8) is 0 Å². The first kappa shape index (κ1) is 13.5. The standard InChI is InChI=1S/C12H16N4O2S/c1-9-14-15-12(16(9)2)8-13-10-4-6-11(7-5-10)19(3,17)18/h4-7,13H,8H2,1-3H3. The zero-order chi connectivity index (χ0) is 14.0. The van der Waals surface area contributed by atoms with Gasteiger partial charge < -0.3 is 9.88 Å². The molecule has 0 bridgehead atoms. The maximum absolute atomic E-state index is 11.3. The molecule has 1 aromatic heterocycles. The second-order valence-electron chi connectivity index (χ2n) is 4.37. The van der Waals surface area contributed by atoms with Crippen LogP contribution in [0.1, 0.15) is 11.6 Å². The van der Waals surface area contributed by atoms with E-state index in [1.165, 1.54) is 6.26 Å². The Labute approximate surface area is 112 Å². The minimum absolute atomic E-state index is 0.313. The molecule has 0 unspecified atom stereocenters. The first-order valence-corrected chi connectivity index (χ1v) is 7.66. The lowest BCUT2D eigenvalue weighted by Crippen LogP contribution is -2.07. The fraction of sp³-hybridized carbons (Fsp3) is 0.333. The van der Waals surface area contributed by atoms with Crippen molar-refractivity contribution in [1.29, 1.82) is 0 Å². The zero-order valence-electron chi connectivity index (χ0n) is 11.1. The summed E-state index contributed by atoms with van der Waals surface area (Å²) >= 11 is 0. The fourth-order valence-corrected chi connectivity index (χ4v) is 2.24. The van der Waals surface area contributed by atoms with Crippen molar-refractivity contribution in [2.75, 3.05) is 11.6 Å². The first-order valence-electron chi connectivity index (χ1n) is 5.77. The third kappa shape index (κ3) is 3.11. The molecule has 102 valence electrons. The Kier molecular flexibility index (Phi) is 3.57. The molecular weight excluding hydrogens is 264 g/mol. The maximum atomic E-state index is 11.3. The van der Waals surface area contributed by atoms with E-state index in [2.05, 4.69) is 15.5 Å². The van der Waals surface area contributed by atoms with Gasteiger partial charge in [-0.2, -0.15) is 0 Å². The quantitative estimate of drug-likeness (QED) is 0.908. The topological polar surface area (TPSA) is 76.9 Å². The lowest BCUT2D eigenvalue weighted by Gasteiger charge is -2.07. The van der Waals surface area contributed by atoms with Crippen LogP contribution in [0.5, 0.6) is 0 Å². The molecule has 6 nitrogen and oxygen atoms in total. The molecule has 0 radical (unpaired) electrons. The van der Waals surface area contributed by atoms with Gasteiger partial charge in [0.25, 0.3) is 0 Å². The molecule has 1 aromatic carbocycles. The Balaban J connectivity index is 2.07. The van der Waals surface area contributed by atoms with Crippen LogP contribution in [-0.2, 0) is 23.4 Å². The van der Waals surface area contributed by atoms with E-state index in [4.69, 9.17) is 0 Å². The van der Waals surface area contributed by atoms with Crippen LogP contribution < -0.4 is 5.32 Å². The summed E-state index contributed by atoms with van der Waals surface area (Å²) in [5.41, 5.74) is 0.841. The van der Waals surface area contributed by atoms with Gasteiger partial charge in [-0.1, -0.05) is 0 Å². The van der Waals surface area contributed by atoms with Crippen molar-refractivity contribution in [2.45, 2.75) is 18.4 Å². The highest BCUT2D eigenvalue weighted by Crippen LogP contribution is 2.14. The van der Waals surface area contributed by atoms with E-state index in [1.807, 2.05) is 18.5 Å². The molecule has 1 N–H and O–H groups in total. The lowest BCUT2D eigenvalue weighted by molar-refractivity contribution is 0.602. The number of hydrogen-bond donors (Lipinski definition) is 1. The van der Waals surface area contributed by atoms with Crippen LogP contribution in [-0.4, -0.2) is 29.4 Å². The van der Waals surface area contributed by atoms with Crippen LogP contribution in [0, 0.1) is 6.92 Å². The summed E-state index contributed by atoms with van der Waals surface area (Å²) in [6.07, 6.45) is 1.19. The predicted octanol–water partition coefficient (Wildman–Crippen LogP) is 1.14. The molecule has 0 saturated carbocycles. The molecule has 0 aliphatic rings. The van der Waals surface area contributed by atoms with E-state index in [0.29, 0.717) is 11.4 Å². The zero-order valence-corrected chi connectivity index (χ0v) is 11.9. The fourth-order valence-electron chi connectivity index (χ4n) is 1.61. The highest BCUT2D eigenvalue weighted by Gasteiger charge is 2.07. The van der Waals surface area contributed by atoms with Crippen LogP contribution in [0.2, 0.25) is 0 Å². The molecule has 1 heterocycles. The average Bonchev–Trinajstić information content (AvgIpc) is 2.67. The summed E-state index contributed by atoms with van der Waals surface area (Å²) in [4.78, 5) is 0.313. The number of aryl methyl sites for hydroxylation is 1. The summed E-state index contributed by atoms with van der Waals surface area (Å²) in [7, 11) is -1.24. The molecule has 0 spiro atoms. The molecular formula is C12H16N4O2S. The Bertz CT molecular complexity index is 674. The predicted molar refractivity (Wildman–Crippen MR) is 72.6 cm³/mol. The number of nitrogens with zero attached hydrogens (tertiary/aromatic N) is 3. The van der Waals surface area contributed by atoms with Gasteiger partial charge in [-0.15, -0.1) is 10.2 Å². The third-order valence-corrected chi connectivity index (χ3v) is 4.04. The molecule has 0 atom stereocenters. The number of rotatable bonds is 4. The van der Waals surface area contributed by atoms with Gasteiger partial charge in [-0.05, 0) is 31.2 Å². The van der Waals surface area contributed by atoms with Crippen LogP contribution in [0.25, 0.3) is 0 Å². The normalized spacial score (nSPS) is 11.5.